The average molecular weight is 389 g/mol. The van der Waals surface area contributed by atoms with Crippen LogP contribution in [0.2, 0.25) is 0 Å². The number of rotatable bonds is 3. The van der Waals surface area contributed by atoms with Crippen LogP contribution >= 0.6 is 0 Å². The number of carboxylic acids is 1. The SMILES string of the molecule is COC(=O)C1C2CC3C4(C)CCCC(C)C4CCC3(C=C2C(C)C)C1C(=O)O. The lowest BCUT2D eigenvalue weighted by Crippen LogP contribution is -2.65. The first-order valence-corrected chi connectivity index (χ1v) is 11.2. The van der Waals surface area contributed by atoms with Crippen LogP contribution in [-0.4, -0.2) is 24.2 Å². The van der Waals surface area contributed by atoms with Crippen LogP contribution in [0, 0.1) is 52.3 Å². The minimum absolute atomic E-state index is 0.00762. The van der Waals surface area contributed by atoms with Gasteiger partial charge in [-0.15, -0.1) is 0 Å². The second-order valence-corrected chi connectivity index (χ2v) is 10.7. The van der Waals surface area contributed by atoms with Crippen LogP contribution in [0.15, 0.2) is 11.6 Å². The van der Waals surface area contributed by atoms with Gasteiger partial charge < -0.3 is 9.84 Å². The third kappa shape index (κ3) is 2.48. The van der Waals surface area contributed by atoms with Crippen LogP contribution in [0.4, 0.5) is 0 Å². The number of aliphatic carboxylic acids is 1. The topological polar surface area (TPSA) is 63.6 Å². The number of fused-ring (bicyclic) bond motifs is 2. The maximum Gasteiger partial charge on any atom is 0.310 e. The fourth-order valence-corrected chi connectivity index (χ4v) is 8.35. The van der Waals surface area contributed by atoms with Crippen LogP contribution in [-0.2, 0) is 14.3 Å². The summed E-state index contributed by atoms with van der Waals surface area (Å²) in [6, 6.07) is 0. The van der Waals surface area contributed by atoms with E-state index in [4.69, 9.17) is 4.74 Å². The first-order chi connectivity index (χ1) is 13.2. The van der Waals surface area contributed by atoms with Crippen molar-refractivity contribution in [2.75, 3.05) is 7.11 Å². The molecule has 5 rings (SSSR count). The number of ether oxygens (including phenoxy) is 1. The van der Waals surface area contributed by atoms with Crippen molar-refractivity contribution in [3.05, 3.63) is 11.6 Å². The molecular formula is C24H36O4. The lowest BCUT2D eigenvalue weighted by molar-refractivity contribution is -0.195. The van der Waals surface area contributed by atoms with Gasteiger partial charge in [0.25, 0.3) is 0 Å². The van der Waals surface area contributed by atoms with Gasteiger partial charge in [0.15, 0.2) is 0 Å². The molecule has 0 aliphatic heterocycles. The first-order valence-electron chi connectivity index (χ1n) is 11.2. The summed E-state index contributed by atoms with van der Waals surface area (Å²) in [7, 11) is 1.40. The molecule has 2 bridgehead atoms. The smallest absolute Gasteiger partial charge is 0.310 e. The molecule has 28 heavy (non-hydrogen) atoms. The van der Waals surface area contributed by atoms with Crippen LogP contribution < -0.4 is 0 Å². The molecule has 0 aromatic heterocycles. The van der Waals surface area contributed by atoms with Gasteiger partial charge in [-0.2, -0.15) is 0 Å². The van der Waals surface area contributed by atoms with Crippen molar-refractivity contribution < 1.29 is 19.4 Å². The molecule has 3 fully saturated rings. The number of hydrogen-bond acceptors (Lipinski definition) is 3. The summed E-state index contributed by atoms with van der Waals surface area (Å²) >= 11 is 0. The van der Waals surface area contributed by atoms with Crippen molar-refractivity contribution in [3.63, 3.8) is 0 Å². The molecular weight excluding hydrogens is 352 g/mol. The van der Waals surface area contributed by atoms with Gasteiger partial charge in [-0.25, -0.2) is 0 Å². The van der Waals surface area contributed by atoms with E-state index < -0.39 is 23.2 Å². The average Bonchev–Trinajstić information content (AvgIpc) is 2.65. The van der Waals surface area contributed by atoms with E-state index in [9.17, 15) is 14.7 Å². The molecule has 5 aliphatic rings. The lowest BCUT2D eigenvalue weighted by Gasteiger charge is -2.67. The normalized spacial score (nSPS) is 47.1. The highest BCUT2D eigenvalue weighted by Gasteiger charge is 2.69. The third-order valence-electron chi connectivity index (χ3n) is 9.37. The van der Waals surface area contributed by atoms with Crippen molar-refractivity contribution in [2.45, 2.75) is 66.2 Å². The summed E-state index contributed by atoms with van der Waals surface area (Å²) < 4.78 is 5.15. The van der Waals surface area contributed by atoms with Crippen molar-refractivity contribution in [1.82, 2.24) is 0 Å². The van der Waals surface area contributed by atoms with Crippen molar-refractivity contribution in [2.24, 2.45) is 52.3 Å². The Morgan fingerprint density at radius 2 is 1.96 bits per heavy atom. The number of hydrogen-bond donors (Lipinski definition) is 1. The minimum atomic E-state index is -0.810. The largest absolute Gasteiger partial charge is 0.481 e. The van der Waals surface area contributed by atoms with E-state index in [1.54, 1.807) is 0 Å². The van der Waals surface area contributed by atoms with E-state index in [2.05, 4.69) is 33.8 Å². The number of carboxylic acid groups (broad SMARTS) is 1. The van der Waals surface area contributed by atoms with Crippen LogP contribution in [0.5, 0.6) is 0 Å². The Morgan fingerprint density at radius 3 is 2.57 bits per heavy atom. The van der Waals surface area contributed by atoms with E-state index in [1.165, 1.54) is 31.9 Å². The van der Waals surface area contributed by atoms with Gasteiger partial charge in [-0.1, -0.05) is 52.2 Å². The summed E-state index contributed by atoms with van der Waals surface area (Å²) in [5.74, 6) is -0.239. The third-order valence-corrected chi connectivity index (χ3v) is 9.37. The Hall–Kier alpha value is -1.32. The van der Waals surface area contributed by atoms with Crippen LogP contribution in [0.3, 0.4) is 0 Å². The molecule has 0 amide bonds. The zero-order valence-electron chi connectivity index (χ0n) is 18.0. The molecule has 156 valence electrons. The van der Waals surface area contributed by atoms with Gasteiger partial charge in [0.1, 0.15) is 0 Å². The molecule has 0 aromatic carbocycles. The quantitative estimate of drug-likeness (QED) is 0.550. The summed E-state index contributed by atoms with van der Waals surface area (Å²) in [6.07, 6.45) is 9.02. The number of carbonyl (C=O) groups excluding carboxylic acids is 1. The number of carbonyl (C=O) groups is 2. The number of allylic oxidation sites excluding steroid dienone is 2. The molecule has 1 N–H and O–H groups in total. The number of methoxy groups -OCH3 is 1. The van der Waals surface area contributed by atoms with Crippen LogP contribution in [0.1, 0.15) is 66.2 Å². The Labute approximate surface area is 169 Å². The van der Waals surface area contributed by atoms with Gasteiger partial charge in [0.2, 0.25) is 0 Å². The summed E-state index contributed by atoms with van der Waals surface area (Å²) in [6.45, 7) is 9.19. The molecule has 4 heteroatoms. The van der Waals surface area contributed by atoms with Gasteiger partial charge in [-0.05, 0) is 60.7 Å². The molecule has 0 saturated heterocycles. The second kappa shape index (κ2) is 6.60. The molecule has 8 unspecified atom stereocenters. The summed E-state index contributed by atoms with van der Waals surface area (Å²) in [4.78, 5) is 25.4. The molecule has 1 spiro atoms. The van der Waals surface area contributed by atoms with Gasteiger partial charge >= 0.3 is 11.9 Å². The van der Waals surface area contributed by atoms with Gasteiger partial charge in [0, 0.05) is 5.41 Å². The second-order valence-electron chi connectivity index (χ2n) is 10.7. The summed E-state index contributed by atoms with van der Waals surface area (Å²) in [5.41, 5.74) is 1.08. The number of esters is 1. The van der Waals surface area contributed by atoms with Crippen molar-refractivity contribution in [1.29, 1.82) is 0 Å². The zero-order valence-corrected chi connectivity index (χ0v) is 18.0. The van der Waals surface area contributed by atoms with Crippen LogP contribution in [0.25, 0.3) is 0 Å². The van der Waals surface area contributed by atoms with Gasteiger partial charge in [0.05, 0.1) is 18.9 Å². The maximum absolute atomic E-state index is 12.8. The minimum Gasteiger partial charge on any atom is -0.481 e. The molecule has 0 radical (unpaired) electrons. The van der Waals surface area contributed by atoms with Crippen molar-refractivity contribution >= 4 is 11.9 Å². The maximum atomic E-state index is 12.8. The fourth-order valence-electron chi connectivity index (χ4n) is 8.35. The molecule has 4 nitrogen and oxygen atoms in total. The predicted octanol–water partition coefficient (Wildman–Crippen LogP) is 4.93. The Bertz CT molecular complexity index is 709. The highest BCUT2D eigenvalue weighted by Crippen LogP contribution is 2.72. The lowest BCUT2D eigenvalue weighted by atomic mass is 9.36. The molecule has 0 aromatic rings. The van der Waals surface area contributed by atoms with Gasteiger partial charge in [-0.3, -0.25) is 9.59 Å². The van der Waals surface area contributed by atoms with Crippen molar-refractivity contribution in [3.8, 4) is 0 Å². The molecule has 3 saturated carbocycles. The fraction of sp³-hybridized carbons (Fsp3) is 0.833. The van der Waals surface area contributed by atoms with E-state index in [1.807, 2.05) is 0 Å². The Morgan fingerprint density at radius 1 is 1.25 bits per heavy atom. The first kappa shape index (κ1) is 20.0. The highest BCUT2D eigenvalue weighted by atomic mass is 16.5. The standard InChI is InChI=1S/C24H36O4/c1-13(2)16-12-24-10-8-17-14(3)7-6-9-23(17,4)18(24)11-15(16)19(22(27)28-5)20(24)21(25)26/h12-15,17-20H,6-11H2,1-5H3,(H,25,26). The predicted molar refractivity (Wildman–Crippen MR) is 107 cm³/mol. The van der Waals surface area contributed by atoms with E-state index in [0.717, 1.165) is 19.3 Å². The molecule has 5 aliphatic carbocycles. The highest BCUT2D eigenvalue weighted by molar-refractivity contribution is 5.84. The Kier molecular flexibility index (Phi) is 4.71. The summed E-state index contributed by atoms with van der Waals surface area (Å²) in [5, 5.41) is 10.3. The molecule has 8 atom stereocenters. The monoisotopic (exact) mass is 388 g/mol. The van der Waals surface area contributed by atoms with E-state index in [0.29, 0.717) is 23.7 Å². The van der Waals surface area contributed by atoms with E-state index in [-0.39, 0.29) is 17.3 Å². The Balaban J connectivity index is 1.88. The zero-order chi connectivity index (χ0) is 20.4. The molecule has 0 heterocycles. The van der Waals surface area contributed by atoms with E-state index >= 15 is 0 Å².